The van der Waals surface area contributed by atoms with Crippen LogP contribution in [-0.2, 0) is 4.79 Å². The number of aryl methyl sites for hydroxylation is 1. The minimum atomic E-state index is -0.0134. The van der Waals surface area contributed by atoms with Crippen molar-refractivity contribution in [3.8, 4) is 0 Å². The lowest BCUT2D eigenvalue weighted by Crippen LogP contribution is -2.09. The highest BCUT2D eigenvalue weighted by Gasteiger charge is 2.21. The topological polar surface area (TPSA) is 29.1 Å². The first-order valence-electron chi connectivity index (χ1n) is 4.47. The van der Waals surface area contributed by atoms with E-state index in [2.05, 4.69) is 5.32 Å². The maximum Gasteiger partial charge on any atom is 0.242 e. The van der Waals surface area contributed by atoms with Crippen molar-refractivity contribution < 1.29 is 4.79 Å². The van der Waals surface area contributed by atoms with E-state index in [1.807, 2.05) is 37.3 Å². The van der Waals surface area contributed by atoms with Crippen molar-refractivity contribution in [3.63, 3.8) is 0 Å². The van der Waals surface area contributed by atoms with Crippen LogP contribution >= 0.6 is 24.0 Å². The Bertz CT molecular complexity index is 448. The van der Waals surface area contributed by atoms with Gasteiger partial charge in [0.15, 0.2) is 0 Å². The standard InChI is InChI=1S/C11H9NOS2/c1-7-2-4-8(5-3-7)6-9-10(13)15-11(14)12-9/h2-6H,1H3,(H,12,14)/b9-6+. The average Bonchev–Trinajstić information content (AvgIpc) is 2.49. The molecular weight excluding hydrogens is 226 g/mol. The SMILES string of the molecule is Cc1ccc(/C=C2/NC(=S)SC2=O)cc1. The fraction of sp³-hybridized carbons (Fsp3) is 0.0909. The van der Waals surface area contributed by atoms with Crippen molar-refractivity contribution >= 4 is 39.5 Å². The molecule has 1 aromatic rings. The van der Waals surface area contributed by atoms with E-state index in [1.165, 1.54) is 5.56 Å². The molecule has 1 heterocycles. The van der Waals surface area contributed by atoms with Gasteiger partial charge in [-0.25, -0.2) is 0 Å². The molecule has 0 bridgehead atoms. The lowest BCUT2D eigenvalue weighted by Gasteiger charge is -1.97. The molecule has 0 amide bonds. The molecule has 0 atom stereocenters. The van der Waals surface area contributed by atoms with Crippen LogP contribution in [0.1, 0.15) is 11.1 Å². The van der Waals surface area contributed by atoms with Crippen LogP contribution in [0.2, 0.25) is 0 Å². The molecule has 76 valence electrons. The van der Waals surface area contributed by atoms with Gasteiger partial charge < -0.3 is 5.32 Å². The Morgan fingerprint density at radius 1 is 1.33 bits per heavy atom. The Balaban J connectivity index is 2.27. The highest BCUT2D eigenvalue weighted by Crippen LogP contribution is 2.20. The number of thiocarbonyl (C=S) groups is 1. The van der Waals surface area contributed by atoms with Gasteiger partial charge in [0.2, 0.25) is 5.12 Å². The van der Waals surface area contributed by atoms with Gasteiger partial charge in [0.25, 0.3) is 0 Å². The molecule has 1 aromatic carbocycles. The fourth-order valence-corrected chi connectivity index (χ4v) is 2.14. The number of carbonyl (C=O) groups is 1. The van der Waals surface area contributed by atoms with E-state index in [1.54, 1.807) is 0 Å². The first-order chi connectivity index (χ1) is 7.15. The summed E-state index contributed by atoms with van der Waals surface area (Å²) in [6, 6.07) is 7.97. The molecule has 0 unspecified atom stereocenters. The summed E-state index contributed by atoms with van der Waals surface area (Å²) in [5, 5.41) is 2.86. The molecule has 0 spiro atoms. The summed E-state index contributed by atoms with van der Waals surface area (Å²) >= 11 is 5.96. The minimum absolute atomic E-state index is 0.0134. The Labute approximate surface area is 97.8 Å². The molecule has 0 saturated carbocycles. The van der Waals surface area contributed by atoms with Crippen molar-refractivity contribution in [1.82, 2.24) is 5.32 Å². The van der Waals surface area contributed by atoms with E-state index >= 15 is 0 Å². The van der Waals surface area contributed by atoms with E-state index < -0.39 is 0 Å². The van der Waals surface area contributed by atoms with E-state index in [9.17, 15) is 4.79 Å². The maximum absolute atomic E-state index is 11.4. The molecule has 1 N–H and O–H groups in total. The molecule has 4 heteroatoms. The number of thioether (sulfide) groups is 1. The third-order valence-electron chi connectivity index (χ3n) is 2.03. The third kappa shape index (κ3) is 2.46. The summed E-state index contributed by atoms with van der Waals surface area (Å²) in [5.41, 5.74) is 2.77. The van der Waals surface area contributed by atoms with Crippen LogP contribution in [0.25, 0.3) is 6.08 Å². The summed E-state index contributed by atoms with van der Waals surface area (Å²) in [7, 11) is 0. The second-order valence-corrected chi connectivity index (χ2v) is 4.92. The smallest absolute Gasteiger partial charge is 0.242 e. The lowest BCUT2D eigenvalue weighted by molar-refractivity contribution is -0.107. The summed E-state index contributed by atoms with van der Waals surface area (Å²) in [6.07, 6.45) is 1.81. The van der Waals surface area contributed by atoms with Crippen LogP contribution in [0, 0.1) is 6.92 Å². The van der Waals surface area contributed by atoms with Crippen molar-refractivity contribution in [1.29, 1.82) is 0 Å². The van der Waals surface area contributed by atoms with Crippen LogP contribution in [0.15, 0.2) is 30.0 Å². The molecule has 1 aliphatic heterocycles. The lowest BCUT2D eigenvalue weighted by atomic mass is 10.1. The molecule has 15 heavy (non-hydrogen) atoms. The number of hydrogen-bond donors (Lipinski definition) is 1. The Kier molecular flexibility index (Phi) is 2.88. The van der Waals surface area contributed by atoms with Gasteiger partial charge in [-0.15, -0.1) is 0 Å². The molecule has 0 aromatic heterocycles. The molecule has 1 saturated heterocycles. The quantitative estimate of drug-likeness (QED) is 0.598. The Morgan fingerprint density at radius 2 is 2.00 bits per heavy atom. The molecule has 0 radical (unpaired) electrons. The van der Waals surface area contributed by atoms with Crippen molar-refractivity contribution in [2.45, 2.75) is 6.92 Å². The number of rotatable bonds is 1. The van der Waals surface area contributed by atoms with Crippen molar-refractivity contribution in [2.75, 3.05) is 0 Å². The highest BCUT2D eigenvalue weighted by molar-refractivity contribution is 8.33. The molecule has 0 aliphatic carbocycles. The number of hydrogen-bond acceptors (Lipinski definition) is 3. The highest BCUT2D eigenvalue weighted by atomic mass is 32.2. The zero-order valence-corrected chi connectivity index (χ0v) is 9.74. The molecule has 2 nitrogen and oxygen atoms in total. The number of carbonyl (C=O) groups excluding carboxylic acids is 1. The van der Waals surface area contributed by atoms with Gasteiger partial charge in [-0.3, -0.25) is 4.79 Å². The second-order valence-electron chi connectivity index (χ2n) is 3.27. The summed E-state index contributed by atoms with van der Waals surface area (Å²) < 4.78 is 0.526. The van der Waals surface area contributed by atoms with E-state index in [0.29, 0.717) is 10.0 Å². The summed E-state index contributed by atoms with van der Waals surface area (Å²) in [6.45, 7) is 2.03. The van der Waals surface area contributed by atoms with Crippen LogP contribution in [0.4, 0.5) is 0 Å². The second kappa shape index (κ2) is 4.16. The fourth-order valence-electron chi connectivity index (χ4n) is 1.25. The van der Waals surface area contributed by atoms with Gasteiger partial charge in [0, 0.05) is 0 Å². The van der Waals surface area contributed by atoms with Gasteiger partial charge >= 0.3 is 0 Å². The van der Waals surface area contributed by atoms with Crippen LogP contribution < -0.4 is 5.32 Å². The summed E-state index contributed by atoms with van der Waals surface area (Å²) in [5.74, 6) is 0. The first-order valence-corrected chi connectivity index (χ1v) is 5.69. The Morgan fingerprint density at radius 3 is 2.53 bits per heavy atom. The molecule has 1 fully saturated rings. The average molecular weight is 235 g/mol. The van der Waals surface area contributed by atoms with E-state index in [0.717, 1.165) is 17.3 Å². The van der Waals surface area contributed by atoms with Crippen LogP contribution in [-0.4, -0.2) is 9.44 Å². The minimum Gasteiger partial charge on any atom is -0.337 e. The normalized spacial score (nSPS) is 18.3. The van der Waals surface area contributed by atoms with E-state index in [4.69, 9.17) is 12.2 Å². The first kappa shape index (κ1) is 10.4. The zero-order valence-electron chi connectivity index (χ0n) is 8.11. The van der Waals surface area contributed by atoms with Gasteiger partial charge in [-0.1, -0.05) is 42.0 Å². The predicted octanol–water partition coefficient (Wildman–Crippen LogP) is 2.48. The van der Waals surface area contributed by atoms with Gasteiger partial charge in [-0.05, 0) is 30.3 Å². The monoisotopic (exact) mass is 235 g/mol. The van der Waals surface area contributed by atoms with Gasteiger partial charge in [0.1, 0.15) is 4.32 Å². The van der Waals surface area contributed by atoms with Crippen LogP contribution in [0.5, 0.6) is 0 Å². The molecule has 2 rings (SSSR count). The predicted molar refractivity (Wildman–Crippen MR) is 67.5 cm³/mol. The zero-order chi connectivity index (χ0) is 10.8. The van der Waals surface area contributed by atoms with Crippen molar-refractivity contribution in [3.05, 3.63) is 41.1 Å². The summed E-state index contributed by atoms with van der Waals surface area (Å²) in [4.78, 5) is 11.4. The molecule has 1 aliphatic rings. The largest absolute Gasteiger partial charge is 0.337 e. The Hall–Kier alpha value is -1.13. The van der Waals surface area contributed by atoms with Crippen molar-refractivity contribution in [2.24, 2.45) is 0 Å². The number of nitrogens with one attached hydrogen (secondary N) is 1. The van der Waals surface area contributed by atoms with E-state index in [-0.39, 0.29) is 5.12 Å². The van der Waals surface area contributed by atoms with Gasteiger partial charge in [0.05, 0.1) is 5.70 Å². The maximum atomic E-state index is 11.4. The van der Waals surface area contributed by atoms with Gasteiger partial charge in [-0.2, -0.15) is 0 Å². The molecular formula is C11H9NOS2. The van der Waals surface area contributed by atoms with Crippen LogP contribution in [0.3, 0.4) is 0 Å². The number of benzene rings is 1. The third-order valence-corrected chi connectivity index (χ3v) is 3.08.